The maximum Gasteiger partial charge on any atom is 0.269 e. The van der Waals surface area contributed by atoms with Gasteiger partial charge < -0.3 is 0 Å². The first-order valence-corrected chi connectivity index (χ1v) is 7.50. The van der Waals surface area contributed by atoms with Gasteiger partial charge in [0.2, 0.25) is 5.82 Å². The van der Waals surface area contributed by atoms with E-state index in [0.29, 0.717) is 18.3 Å². The molecule has 2 heterocycles. The molecule has 122 valence electrons. The Morgan fingerprint density at radius 1 is 1.21 bits per heavy atom. The lowest BCUT2D eigenvalue weighted by atomic mass is 9.99. The van der Waals surface area contributed by atoms with E-state index >= 15 is 0 Å². The molecule has 0 aliphatic heterocycles. The van der Waals surface area contributed by atoms with Crippen LogP contribution >= 0.6 is 0 Å². The van der Waals surface area contributed by atoms with E-state index in [1.54, 1.807) is 24.5 Å². The van der Waals surface area contributed by atoms with Gasteiger partial charge in [0, 0.05) is 30.1 Å². The Morgan fingerprint density at radius 3 is 2.62 bits per heavy atom. The molecule has 0 amide bonds. The zero-order valence-corrected chi connectivity index (χ0v) is 13.3. The van der Waals surface area contributed by atoms with Gasteiger partial charge in [0.25, 0.3) is 5.69 Å². The number of benzene rings is 1. The number of non-ortho nitro benzene ring substituents is 1. The second-order valence-corrected chi connectivity index (χ2v) is 5.68. The molecule has 0 N–H and O–H groups in total. The first-order valence-electron chi connectivity index (χ1n) is 7.50. The molecule has 3 rings (SSSR count). The number of nitro benzene ring substituents is 1. The van der Waals surface area contributed by atoms with E-state index in [1.165, 1.54) is 16.9 Å². The largest absolute Gasteiger partial charge is 0.269 e. The number of hydrogen-bond acceptors (Lipinski definition) is 6. The maximum absolute atomic E-state index is 10.7. The van der Waals surface area contributed by atoms with Crippen molar-refractivity contribution in [3.05, 3.63) is 64.0 Å². The summed E-state index contributed by atoms with van der Waals surface area (Å²) in [6.45, 7) is 4.59. The molecule has 1 aromatic carbocycles. The van der Waals surface area contributed by atoms with Crippen molar-refractivity contribution in [3.8, 4) is 11.4 Å². The molecular formula is C16H16N6O2. The molecule has 8 nitrogen and oxygen atoms in total. The van der Waals surface area contributed by atoms with Crippen molar-refractivity contribution in [2.24, 2.45) is 0 Å². The topological polar surface area (TPSA) is 99.6 Å². The van der Waals surface area contributed by atoms with E-state index in [4.69, 9.17) is 0 Å². The van der Waals surface area contributed by atoms with E-state index in [1.807, 2.05) is 6.07 Å². The highest BCUT2D eigenvalue weighted by molar-refractivity contribution is 5.58. The molecule has 2 aromatic heterocycles. The van der Waals surface area contributed by atoms with Crippen LogP contribution in [0.5, 0.6) is 0 Å². The van der Waals surface area contributed by atoms with Crippen molar-refractivity contribution in [2.45, 2.75) is 26.3 Å². The third-order valence-corrected chi connectivity index (χ3v) is 3.64. The number of rotatable bonds is 5. The Kier molecular flexibility index (Phi) is 4.28. The average Bonchev–Trinajstić information content (AvgIpc) is 3.03. The summed E-state index contributed by atoms with van der Waals surface area (Å²) >= 11 is 0. The number of nitrogens with zero attached hydrogens (tertiary/aromatic N) is 6. The minimum atomic E-state index is -0.425. The Morgan fingerprint density at radius 2 is 1.96 bits per heavy atom. The van der Waals surface area contributed by atoms with Crippen LogP contribution in [0.3, 0.4) is 0 Å². The molecule has 0 fully saturated rings. The molecule has 0 aliphatic carbocycles. The standard InChI is InChI=1S/C16H16N6O2/c1-11(2)14-7-8-17-9-15(14)16-18-20-21(19-16)10-12-3-5-13(6-4-12)22(23)24/h3-9,11H,10H2,1-2H3. The lowest BCUT2D eigenvalue weighted by Gasteiger charge is -2.08. The highest BCUT2D eigenvalue weighted by atomic mass is 16.6. The fraction of sp³-hybridized carbons (Fsp3) is 0.250. The van der Waals surface area contributed by atoms with E-state index in [0.717, 1.165) is 16.7 Å². The summed E-state index contributed by atoms with van der Waals surface area (Å²) in [4.78, 5) is 15.9. The van der Waals surface area contributed by atoms with Crippen LogP contribution < -0.4 is 0 Å². The van der Waals surface area contributed by atoms with Gasteiger partial charge in [0.1, 0.15) is 0 Å². The van der Waals surface area contributed by atoms with Crippen LogP contribution in [0.1, 0.15) is 30.9 Å². The Labute approximate surface area is 138 Å². The van der Waals surface area contributed by atoms with Gasteiger partial charge in [-0.1, -0.05) is 26.0 Å². The van der Waals surface area contributed by atoms with Gasteiger partial charge in [-0.3, -0.25) is 15.1 Å². The fourth-order valence-electron chi connectivity index (χ4n) is 2.40. The molecule has 0 atom stereocenters. The molecule has 0 spiro atoms. The third kappa shape index (κ3) is 3.27. The number of nitro groups is 1. The highest BCUT2D eigenvalue weighted by Gasteiger charge is 2.13. The summed E-state index contributed by atoms with van der Waals surface area (Å²) < 4.78 is 0. The van der Waals surface area contributed by atoms with Crippen molar-refractivity contribution >= 4 is 5.69 Å². The lowest BCUT2D eigenvalue weighted by molar-refractivity contribution is -0.384. The number of aromatic nitrogens is 5. The number of tetrazole rings is 1. The molecule has 0 saturated heterocycles. The summed E-state index contributed by atoms with van der Waals surface area (Å²) in [6, 6.07) is 8.25. The van der Waals surface area contributed by atoms with E-state index in [9.17, 15) is 10.1 Å². The zero-order chi connectivity index (χ0) is 17.1. The lowest BCUT2D eigenvalue weighted by Crippen LogP contribution is -2.04. The maximum atomic E-state index is 10.7. The van der Waals surface area contributed by atoms with E-state index in [-0.39, 0.29) is 5.69 Å². The van der Waals surface area contributed by atoms with Gasteiger partial charge in [0.15, 0.2) is 0 Å². The highest BCUT2D eigenvalue weighted by Crippen LogP contribution is 2.25. The summed E-state index contributed by atoms with van der Waals surface area (Å²) in [5, 5.41) is 23.2. The summed E-state index contributed by atoms with van der Waals surface area (Å²) in [6.07, 6.45) is 3.49. The van der Waals surface area contributed by atoms with Gasteiger partial charge in [-0.25, -0.2) is 0 Å². The van der Waals surface area contributed by atoms with Crippen LogP contribution in [0.25, 0.3) is 11.4 Å². The summed E-state index contributed by atoms with van der Waals surface area (Å²) in [5.74, 6) is 0.846. The van der Waals surface area contributed by atoms with Crippen LogP contribution in [0.15, 0.2) is 42.7 Å². The molecule has 0 radical (unpaired) electrons. The summed E-state index contributed by atoms with van der Waals surface area (Å²) in [7, 11) is 0. The Bertz CT molecular complexity index is 857. The number of pyridine rings is 1. The van der Waals surface area contributed by atoms with Crippen molar-refractivity contribution in [1.82, 2.24) is 25.2 Å². The monoisotopic (exact) mass is 324 g/mol. The molecule has 3 aromatic rings. The Balaban J connectivity index is 1.82. The third-order valence-electron chi connectivity index (χ3n) is 3.64. The van der Waals surface area contributed by atoms with Gasteiger partial charge in [-0.2, -0.15) is 4.80 Å². The van der Waals surface area contributed by atoms with Gasteiger partial charge in [0.05, 0.1) is 11.5 Å². The van der Waals surface area contributed by atoms with Gasteiger partial charge >= 0.3 is 0 Å². The first kappa shape index (κ1) is 15.7. The van der Waals surface area contributed by atoms with E-state index < -0.39 is 4.92 Å². The van der Waals surface area contributed by atoms with Crippen LogP contribution in [-0.2, 0) is 6.54 Å². The molecule has 0 saturated carbocycles. The predicted molar refractivity (Wildman–Crippen MR) is 87.3 cm³/mol. The van der Waals surface area contributed by atoms with Crippen molar-refractivity contribution in [2.75, 3.05) is 0 Å². The second kappa shape index (κ2) is 6.53. The van der Waals surface area contributed by atoms with Gasteiger partial charge in [-0.15, -0.1) is 10.2 Å². The van der Waals surface area contributed by atoms with Gasteiger partial charge in [-0.05, 0) is 28.3 Å². The smallest absolute Gasteiger partial charge is 0.264 e. The van der Waals surface area contributed by atoms with Crippen LogP contribution in [0.4, 0.5) is 5.69 Å². The molecule has 0 unspecified atom stereocenters. The quantitative estimate of drug-likeness (QED) is 0.528. The van der Waals surface area contributed by atoms with E-state index in [2.05, 4.69) is 34.2 Å². The van der Waals surface area contributed by atoms with Crippen molar-refractivity contribution < 1.29 is 4.92 Å². The van der Waals surface area contributed by atoms with Crippen LogP contribution in [0.2, 0.25) is 0 Å². The Hall–Kier alpha value is -3.16. The molecule has 24 heavy (non-hydrogen) atoms. The minimum absolute atomic E-state index is 0.0583. The van der Waals surface area contributed by atoms with Crippen molar-refractivity contribution in [1.29, 1.82) is 0 Å². The molecule has 0 aliphatic rings. The SMILES string of the molecule is CC(C)c1ccncc1-c1nnn(Cc2ccc([N+](=O)[O-])cc2)n1. The minimum Gasteiger partial charge on any atom is -0.264 e. The average molecular weight is 324 g/mol. The fourth-order valence-corrected chi connectivity index (χ4v) is 2.40. The molecular weight excluding hydrogens is 308 g/mol. The van der Waals surface area contributed by atoms with Crippen LogP contribution in [-0.4, -0.2) is 30.1 Å². The summed E-state index contributed by atoms with van der Waals surface area (Å²) in [5.41, 5.74) is 2.89. The molecule has 8 heteroatoms. The predicted octanol–water partition coefficient (Wildman–Crippen LogP) is 2.82. The zero-order valence-electron chi connectivity index (χ0n) is 13.3. The molecule has 0 bridgehead atoms. The van der Waals surface area contributed by atoms with Crippen molar-refractivity contribution in [3.63, 3.8) is 0 Å². The first-order chi connectivity index (χ1) is 11.5. The normalized spacial score (nSPS) is 11.0. The van der Waals surface area contributed by atoms with Crippen LogP contribution in [0, 0.1) is 10.1 Å². The second-order valence-electron chi connectivity index (χ2n) is 5.68. The number of hydrogen-bond donors (Lipinski definition) is 0.